The highest BCUT2D eigenvalue weighted by molar-refractivity contribution is 5.88. The van der Waals surface area contributed by atoms with Crippen molar-refractivity contribution in [1.29, 1.82) is 10.5 Å². The Morgan fingerprint density at radius 2 is 0.585 bits per heavy atom. The second-order valence-corrected chi connectivity index (χ2v) is 29.2. The summed E-state index contributed by atoms with van der Waals surface area (Å²) >= 11 is 0. The Morgan fingerprint density at radius 1 is 0.315 bits per heavy atom. The number of hydrogen-bond acceptors (Lipinski definition) is 35. The van der Waals surface area contributed by atoms with Gasteiger partial charge < -0.3 is 82.6 Å². The maximum atomic E-state index is 13.6. The first kappa shape index (κ1) is 117. The molecule has 728 valence electrons. The van der Waals surface area contributed by atoms with Crippen LogP contribution in [0.4, 0.5) is 14.4 Å². The second kappa shape index (κ2) is 76.3. The molecule has 0 radical (unpaired) electrons. The van der Waals surface area contributed by atoms with Crippen molar-refractivity contribution in [3.05, 3.63) is 112 Å². The van der Waals surface area contributed by atoms with Crippen molar-refractivity contribution in [2.24, 2.45) is 4.99 Å². The van der Waals surface area contributed by atoms with Gasteiger partial charge in [0.05, 0.1) is 26.4 Å². The van der Waals surface area contributed by atoms with Gasteiger partial charge in [0.1, 0.15) is 66.1 Å². The van der Waals surface area contributed by atoms with Crippen molar-refractivity contribution >= 4 is 72.1 Å². The third kappa shape index (κ3) is 59.3. The van der Waals surface area contributed by atoms with Gasteiger partial charge in [-0.25, -0.2) is 99.5 Å². The molecule has 0 saturated carbocycles. The molecule has 0 spiro atoms. The topological polar surface area (TPSA) is 573 Å². The minimum Gasteiger partial charge on any atom is -0.462 e. The zero-order valence-corrected chi connectivity index (χ0v) is 75.6. The molecule has 2 rings (SSSR count). The summed E-state index contributed by atoms with van der Waals surface area (Å²) in [5.41, 5.74) is -3.95. The lowest BCUT2D eigenvalue weighted by molar-refractivity contribution is -0.150. The van der Waals surface area contributed by atoms with Gasteiger partial charge in [0, 0.05) is 93.9 Å². The van der Waals surface area contributed by atoms with Crippen molar-refractivity contribution < 1.29 is 124 Å². The van der Waals surface area contributed by atoms with Crippen molar-refractivity contribution in [2.75, 3.05) is 106 Å². The lowest BCUT2D eigenvalue weighted by Gasteiger charge is -2.15. The molecule has 0 atom stereocenters. The SMILES string of the molecule is C=C(C)C(=O)OCCOC(=O)CCCCCO.C=C(C)C(=O)OCCOC(=O)CCCCCOC(=O)NCCCCCCn1c(=O)n(CCCCCCNC(=O)OCCCCCC(=O)OCCOC(=O)C(=C)C)c(=O)n(CNC(=O)OCCCCCC(=O)OCCOC(=O)C(=C)C)c1=O.N#COCCCCCCn1c(=O)n(CCCCCCN=C=O)c(=O)n(COC#N)c1=O. The third-order valence-corrected chi connectivity index (χ3v) is 18.0. The van der Waals surface area contributed by atoms with E-state index in [1.54, 1.807) is 13.2 Å². The van der Waals surface area contributed by atoms with Crippen LogP contribution >= 0.6 is 0 Å². The number of isocyanates is 1. The summed E-state index contributed by atoms with van der Waals surface area (Å²) in [4.78, 5) is 221. The van der Waals surface area contributed by atoms with E-state index in [1.807, 2.05) is 0 Å². The number of nitrogens with zero attached hydrogens (tertiary/aromatic N) is 9. The standard InChI is InChI=1S/C55H86N6O21.C19H26N6O6.C12H20O5/c1-41(2)47(65)77-37-34-74-44(62)24-14-11-21-31-80-50(68)56-27-17-7-9-19-29-59-53(71)60(30-20-10-8-18-28-57-51(69)81-32-22-12-15-25-45(63)75-35-38-78-48(66)42(3)4)55(73)61(54(59)72)40-58-52(70)82-33-23-13-16-26-46(64)76-36-39-79-49(67)43(5)6;20-13-30-12-8-4-3-7-11-24-17(27)23(10-6-2-1-5-9-22-15-26)18(28)25(19(24)29)16-31-14-21;1-10(2)12(15)17-9-8-16-11(14)6-4-3-5-7-13/h1,3,5,7-40H2,2,4,6H3,(H,56,68)(H,57,69)(H,58,70);1-12,16H2;13H,1,3-9H2,2H3. The lowest BCUT2D eigenvalue weighted by atomic mass is 10.2. The van der Waals surface area contributed by atoms with Gasteiger partial charge in [0.25, 0.3) is 12.5 Å². The zero-order chi connectivity index (χ0) is 96.9. The Labute approximate surface area is 754 Å². The van der Waals surface area contributed by atoms with Crippen molar-refractivity contribution in [1.82, 2.24) is 43.4 Å². The fraction of sp³-hybridized carbons (Fsp3) is 0.674. The van der Waals surface area contributed by atoms with E-state index in [2.05, 4.69) is 56.7 Å². The highest BCUT2D eigenvalue weighted by atomic mass is 16.6. The minimum absolute atomic E-state index is 0.0329. The number of nitrogens with one attached hydrogen (secondary N) is 3. The zero-order valence-electron chi connectivity index (χ0n) is 75.6. The molecular weight excluding hydrogens is 1710 g/mol. The predicted molar refractivity (Wildman–Crippen MR) is 465 cm³/mol. The number of hydrogen-bond donors (Lipinski definition) is 4. The molecule has 0 aromatic carbocycles. The summed E-state index contributed by atoms with van der Waals surface area (Å²) in [7, 11) is 0. The van der Waals surface area contributed by atoms with E-state index in [9.17, 15) is 86.3 Å². The molecule has 0 fully saturated rings. The quantitative estimate of drug-likeness (QED) is 0.00996. The van der Waals surface area contributed by atoms with Gasteiger partial charge in [-0.15, -0.1) is 0 Å². The lowest BCUT2D eigenvalue weighted by Crippen LogP contribution is -2.56. The van der Waals surface area contributed by atoms with E-state index in [-0.39, 0.29) is 147 Å². The first-order valence-electron chi connectivity index (χ1n) is 43.6. The van der Waals surface area contributed by atoms with Crippen LogP contribution in [0, 0.1) is 23.0 Å². The van der Waals surface area contributed by atoms with Crippen LogP contribution in [0.1, 0.15) is 233 Å². The predicted octanol–water partition coefficient (Wildman–Crippen LogP) is 6.88. The number of rotatable bonds is 71. The first-order valence-corrected chi connectivity index (χ1v) is 43.6. The van der Waals surface area contributed by atoms with E-state index in [4.69, 9.17) is 67.7 Å². The van der Waals surface area contributed by atoms with E-state index in [0.717, 1.165) is 46.7 Å². The first-order chi connectivity index (χ1) is 62.4. The minimum atomic E-state index is -0.925. The molecule has 44 heteroatoms. The highest BCUT2D eigenvalue weighted by Gasteiger charge is 2.20. The van der Waals surface area contributed by atoms with Gasteiger partial charge in [0.2, 0.25) is 6.08 Å². The molecule has 4 N–H and O–H groups in total. The smallest absolute Gasteiger partial charge is 0.408 e. The number of nitriles is 2. The van der Waals surface area contributed by atoms with Crippen LogP contribution in [0.2, 0.25) is 0 Å². The summed E-state index contributed by atoms with van der Waals surface area (Å²) in [6.07, 6.45) is 19.6. The van der Waals surface area contributed by atoms with Crippen LogP contribution in [0.5, 0.6) is 0 Å². The van der Waals surface area contributed by atoms with Crippen LogP contribution in [0.3, 0.4) is 0 Å². The summed E-state index contributed by atoms with van der Waals surface area (Å²) in [5.74, 6) is -3.84. The second-order valence-electron chi connectivity index (χ2n) is 29.2. The maximum absolute atomic E-state index is 13.6. The van der Waals surface area contributed by atoms with Gasteiger partial charge in [-0.05, 0) is 156 Å². The third-order valence-electron chi connectivity index (χ3n) is 18.0. The molecule has 0 unspecified atom stereocenters. The molecule has 0 aliphatic heterocycles. The van der Waals surface area contributed by atoms with Crippen molar-refractivity contribution in [3.63, 3.8) is 0 Å². The van der Waals surface area contributed by atoms with E-state index >= 15 is 0 Å². The Morgan fingerprint density at radius 3 is 0.900 bits per heavy atom. The number of ether oxygens (including phenoxy) is 13. The van der Waals surface area contributed by atoms with E-state index in [1.165, 1.54) is 33.1 Å². The van der Waals surface area contributed by atoms with Crippen LogP contribution < -0.4 is 50.1 Å². The molecule has 0 aliphatic carbocycles. The van der Waals surface area contributed by atoms with Crippen LogP contribution in [-0.4, -0.2) is 210 Å². The summed E-state index contributed by atoms with van der Waals surface area (Å²) in [6.45, 7) is 20.3. The maximum Gasteiger partial charge on any atom is 0.408 e. The number of amides is 3. The van der Waals surface area contributed by atoms with Crippen molar-refractivity contribution in [3.8, 4) is 12.5 Å². The number of carbonyl (C=O) groups excluding carboxylic acids is 12. The molecule has 44 nitrogen and oxygen atoms in total. The number of aliphatic hydroxyl groups excluding tert-OH is 1. The number of aromatic nitrogens is 6. The van der Waals surface area contributed by atoms with Gasteiger partial charge >= 0.3 is 100 Å². The molecule has 130 heavy (non-hydrogen) atoms. The molecule has 0 bridgehead atoms. The number of unbranched alkanes of at least 4 members (excludes halogenated alkanes) is 20. The van der Waals surface area contributed by atoms with E-state index in [0.29, 0.717) is 199 Å². The number of aliphatic imine (C=N–C) groups is 1. The Hall–Kier alpha value is -12.7. The highest BCUT2D eigenvalue weighted by Crippen LogP contribution is 2.10. The molecular formula is C86H132N12O32. The fourth-order valence-corrected chi connectivity index (χ4v) is 11.0. The average molecular weight is 1850 g/mol. The molecule has 0 saturated heterocycles. The van der Waals surface area contributed by atoms with Gasteiger partial charge in [0.15, 0.2) is 6.73 Å². The van der Waals surface area contributed by atoms with Gasteiger partial charge in [-0.1, -0.05) is 77.7 Å². The monoisotopic (exact) mass is 1840 g/mol. The van der Waals surface area contributed by atoms with Crippen LogP contribution in [-0.2, 0) is 144 Å². The summed E-state index contributed by atoms with van der Waals surface area (Å²) in [5, 5.41) is 33.2. The number of esters is 8. The summed E-state index contributed by atoms with van der Waals surface area (Å²) in [6, 6.07) is 0. The molecule has 2 heterocycles. The average Bonchev–Trinajstić information content (AvgIpc) is 0.791. The van der Waals surface area contributed by atoms with Crippen LogP contribution in [0.25, 0.3) is 0 Å². The number of carbonyl (C=O) groups is 11. The molecule has 3 amide bonds. The normalized spacial score (nSPS) is 10.3. The Balaban J connectivity index is 0.00000279. The largest absolute Gasteiger partial charge is 0.462 e. The summed E-state index contributed by atoms with van der Waals surface area (Å²) < 4.78 is 69.3. The van der Waals surface area contributed by atoms with Crippen LogP contribution in [0.15, 0.2) is 82.4 Å². The van der Waals surface area contributed by atoms with Crippen molar-refractivity contribution in [2.45, 2.75) is 273 Å². The van der Waals surface area contributed by atoms with Gasteiger partial charge in [-0.2, -0.15) is 10.5 Å². The fourth-order valence-electron chi connectivity index (χ4n) is 11.0. The Bertz CT molecular complexity index is 4240. The molecule has 2 aromatic rings. The van der Waals surface area contributed by atoms with Gasteiger partial charge in [-0.3, -0.25) is 19.2 Å². The number of alkyl carbamates (subject to hydrolysis) is 3. The molecule has 0 aliphatic rings. The number of aliphatic hydroxyl groups is 1. The molecule has 2 aromatic heterocycles. The Kier molecular flexibility index (Phi) is 68.9. The van der Waals surface area contributed by atoms with E-state index < -0.39 is 108 Å².